The van der Waals surface area contributed by atoms with Crippen LogP contribution in [-0.4, -0.2) is 163 Å². The lowest BCUT2D eigenvalue weighted by Gasteiger charge is -2.32. The molecule has 10 aromatic rings. The number of nitrogens with two attached hydrogens (primary N) is 1. The largest absolute Gasteiger partial charge is 0.494 e. The molecule has 5 aliphatic rings. The number of carbonyl (C=O) groups excluding carboxylic acids is 2. The highest BCUT2D eigenvalue weighted by molar-refractivity contribution is 9.10. The molecule has 0 atom stereocenters. The molecule has 2 amide bonds. The number of amides is 2. The zero-order valence-electron chi connectivity index (χ0n) is 55.6. The Morgan fingerprint density at radius 2 is 0.958 bits per heavy atom. The molecule has 3 aromatic carbocycles. The molecular weight excluding hydrogens is 1310 g/mol. The molecule has 7 aromatic heterocycles. The molecule has 27 nitrogen and oxygen atoms in total. The first-order chi connectivity index (χ1) is 44.8. The van der Waals surface area contributed by atoms with Crippen LogP contribution < -0.4 is 31.6 Å². The normalized spacial score (nSPS) is 19.0. The lowest BCUT2D eigenvalue weighted by molar-refractivity contribution is -0.115. The number of hydrogen-bond donors (Lipinski definition) is 3. The molecule has 0 aliphatic carbocycles. The first kappa shape index (κ1) is 68.7. The van der Waals surface area contributed by atoms with Crippen molar-refractivity contribution >= 4 is 140 Å². The molecule has 12 heterocycles. The Morgan fingerprint density at radius 3 is 1.46 bits per heavy atom. The minimum absolute atomic E-state index is 0.155. The van der Waals surface area contributed by atoms with E-state index in [0.29, 0.717) is 41.3 Å². The van der Waals surface area contributed by atoms with Gasteiger partial charge in [-0.3, -0.25) is 20.2 Å². The fourth-order valence-electron chi connectivity index (χ4n) is 10.4. The Balaban J connectivity index is 0.000000123. The molecule has 5 aliphatic heterocycles. The molecule has 95 heavy (non-hydrogen) atoms. The van der Waals surface area contributed by atoms with Gasteiger partial charge in [0.15, 0.2) is 34.2 Å². The topological polar surface area (TPSA) is 303 Å². The van der Waals surface area contributed by atoms with Crippen LogP contribution in [0.1, 0.15) is 96.9 Å². The third kappa shape index (κ3) is 15.3. The Labute approximate surface area is 563 Å². The maximum absolute atomic E-state index is 11.1. The zero-order valence-corrected chi connectivity index (χ0v) is 58.0. The summed E-state index contributed by atoms with van der Waals surface area (Å²) in [5.74, 6) is 2.00. The lowest BCUT2D eigenvalue weighted by Crippen LogP contribution is -2.41. The molecule has 5 fully saturated rings. The molecule has 0 saturated carbocycles. The first-order valence-corrected chi connectivity index (χ1v) is 32.3. The highest BCUT2D eigenvalue weighted by Crippen LogP contribution is 2.43. The van der Waals surface area contributed by atoms with Gasteiger partial charge in [0, 0.05) is 62.5 Å². The van der Waals surface area contributed by atoms with Gasteiger partial charge in [0.2, 0.25) is 17.1 Å². The van der Waals surface area contributed by atoms with E-state index >= 15 is 0 Å². The van der Waals surface area contributed by atoms with Crippen molar-refractivity contribution in [3.8, 4) is 11.4 Å². The van der Waals surface area contributed by atoms with Crippen LogP contribution in [0.2, 0.25) is 5.28 Å². The number of nitrogen functional groups attached to an aromatic ring is 1. The number of nitrogens with zero attached hydrogens (tertiary/aromatic N) is 11. The van der Waals surface area contributed by atoms with Crippen LogP contribution in [0.4, 0.5) is 29.7 Å². The van der Waals surface area contributed by atoms with Gasteiger partial charge in [-0.2, -0.15) is 19.9 Å². The Morgan fingerprint density at radius 1 is 0.526 bits per heavy atom. The fraction of sp³-hybridized carbons (Fsp3) is 0.444. The molecule has 4 N–H and O–H groups in total. The number of ether oxygens (including phenoxy) is 2. The number of morpholine rings is 2. The Hall–Kier alpha value is -7.71. The van der Waals surface area contributed by atoms with Gasteiger partial charge in [-0.15, -0.1) is 10.2 Å². The zero-order chi connectivity index (χ0) is 68.0. The minimum Gasteiger partial charge on any atom is -0.424 e. The minimum atomic E-state index is -0.476. The summed E-state index contributed by atoms with van der Waals surface area (Å²) >= 11 is 9.22. The SMILES string of the molecule is CC(=O)Nc1nc2ccc(B3OC(C)(C)C(C)(C)O3)cc2o1.CC(=O)Nc1nc2ccc(Br)cc2o1.CC1(C)OB(B2OC(C)(C)C(C)(C)O2)OC1(C)C.Clc1nc(N2CCOCC2)c2cccn2n1.Nc1nc2ccc(-c3nc(N4CCOCC4)c4cccn4n3)cc2o1. The Bertz CT molecular complexity index is 4330. The van der Waals surface area contributed by atoms with E-state index in [-0.39, 0.29) is 57.5 Å². The average Bonchev–Trinajstić information content (AvgIpc) is 1.64. The van der Waals surface area contributed by atoms with Crippen LogP contribution in [0.25, 0.3) is 55.7 Å². The predicted molar refractivity (Wildman–Crippen MR) is 367 cm³/mol. The van der Waals surface area contributed by atoms with Crippen molar-refractivity contribution in [1.29, 1.82) is 0 Å². The quantitative estimate of drug-likeness (QED) is 0.125. The molecule has 500 valence electrons. The van der Waals surface area contributed by atoms with Gasteiger partial charge in [-0.05, 0) is 173 Å². The Kier molecular flexibility index (Phi) is 19.6. The number of fused-ring (bicyclic) bond motifs is 5. The molecule has 5 saturated heterocycles. The highest BCUT2D eigenvalue weighted by atomic mass is 79.9. The number of oxazole rings is 3. The van der Waals surface area contributed by atoms with E-state index in [1.54, 1.807) is 10.6 Å². The molecule has 0 bridgehead atoms. The van der Waals surface area contributed by atoms with Crippen molar-refractivity contribution in [3.63, 3.8) is 0 Å². The molecule has 0 spiro atoms. The standard InChI is InChI=1S/C17H16N6O2.C15H19BN2O4.C12H24B2O4.C10H11ClN4O.C9H7BrN2O2/c18-17-19-12-4-3-11(10-14(12)25-17)15-20-16(22-6-8-24-9-7-22)13-2-1-5-23(13)21-15;1-9(19)17-13-18-11-7-6-10(8-12(11)20-13)16-21-14(2,3)15(4,5)22-16;1-9(2)10(3,4)16-13(15-9)14-17-11(5,6)12(7,8)18-14;11-10-12-9(14-4-6-16-7-5-14)8-2-1-3-15(8)13-10;1-5(13)11-9-12-7-3-2-6(10)4-8(7)14-9/h1-5,10H,6-9H2,(H2,18,19);6-8H,1-5H3,(H,17,18,19);1-8H3;1-3H,4-7H2;2-4H,1H3,(H,11,12,13). The number of rotatable bonds is 7. The number of aromatic nitrogens is 9. The van der Waals surface area contributed by atoms with Crippen molar-refractivity contribution < 1.29 is 60.2 Å². The number of hydrogen-bond acceptors (Lipinski definition) is 23. The van der Waals surface area contributed by atoms with Crippen molar-refractivity contribution in [3.05, 3.63) is 101 Å². The van der Waals surface area contributed by atoms with Crippen LogP contribution in [0.15, 0.2) is 109 Å². The number of halogens is 2. The van der Waals surface area contributed by atoms with E-state index in [1.807, 2.05) is 173 Å². The van der Waals surface area contributed by atoms with Gasteiger partial charge in [-0.1, -0.05) is 22.0 Å². The van der Waals surface area contributed by atoms with Crippen LogP contribution in [0, 0.1) is 0 Å². The maximum atomic E-state index is 11.1. The summed E-state index contributed by atoms with van der Waals surface area (Å²) in [5, 5.41) is 14.0. The smallest absolute Gasteiger partial charge is 0.424 e. The maximum Gasteiger partial charge on any atom is 0.494 e. The van der Waals surface area contributed by atoms with Crippen LogP contribution >= 0.6 is 27.5 Å². The summed E-state index contributed by atoms with van der Waals surface area (Å²) in [4.78, 5) is 47.7. The second-order valence-electron chi connectivity index (χ2n) is 26.2. The van der Waals surface area contributed by atoms with Crippen LogP contribution in [-0.2, 0) is 47.0 Å². The number of nitrogens with one attached hydrogen (secondary N) is 2. The van der Waals surface area contributed by atoms with Crippen molar-refractivity contribution in [2.24, 2.45) is 0 Å². The number of anilines is 5. The average molecular weight is 1390 g/mol. The molecule has 0 radical (unpaired) electrons. The first-order valence-electron chi connectivity index (χ1n) is 31.1. The van der Waals surface area contributed by atoms with Gasteiger partial charge < -0.3 is 66.2 Å². The van der Waals surface area contributed by atoms with E-state index in [1.165, 1.54) is 13.8 Å². The number of carbonyl (C=O) groups is 2. The van der Waals surface area contributed by atoms with Gasteiger partial charge in [-0.25, -0.2) is 14.0 Å². The summed E-state index contributed by atoms with van der Waals surface area (Å²) in [6.07, 6.45) is 3.79. The summed E-state index contributed by atoms with van der Waals surface area (Å²) < 4.78 is 67.4. The summed E-state index contributed by atoms with van der Waals surface area (Å²) in [6.45, 7) is 33.2. The third-order valence-electron chi connectivity index (χ3n) is 17.6. The van der Waals surface area contributed by atoms with Crippen molar-refractivity contribution in [1.82, 2.24) is 44.1 Å². The third-order valence-corrected chi connectivity index (χ3v) is 18.3. The van der Waals surface area contributed by atoms with Gasteiger partial charge in [0.1, 0.15) is 27.6 Å². The number of benzene rings is 3. The van der Waals surface area contributed by atoms with Gasteiger partial charge in [0.25, 0.3) is 6.01 Å². The molecule has 0 unspecified atom stereocenters. The molecule has 32 heteroatoms. The highest BCUT2D eigenvalue weighted by Gasteiger charge is 2.64. The molecular formula is C63H77B3BrClN14O13. The van der Waals surface area contributed by atoms with Crippen LogP contribution in [0.5, 0.6) is 0 Å². The van der Waals surface area contributed by atoms with Gasteiger partial charge >= 0.3 is 33.2 Å². The predicted octanol–water partition coefficient (Wildman–Crippen LogP) is 10.1. The van der Waals surface area contributed by atoms with Crippen LogP contribution in [0.3, 0.4) is 0 Å². The second kappa shape index (κ2) is 27.1. The lowest BCUT2D eigenvalue weighted by atomic mass is 9.49. The second-order valence-corrected chi connectivity index (χ2v) is 27.4. The van der Waals surface area contributed by atoms with E-state index in [4.69, 9.17) is 73.0 Å². The molecule has 15 rings (SSSR count). The van der Waals surface area contributed by atoms with E-state index < -0.39 is 32.3 Å². The van der Waals surface area contributed by atoms with Gasteiger partial charge in [0.05, 0.1) is 60.0 Å². The van der Waals surface area contributed by atoms with E-state index in [9.17, 15) is 9.59 Å². The summed E-state index contributed by atoms with van der Waals surface area (Å²) in [7, 11) is -1.41. The van der Waals surface area contributed by atoms with E-state index in [0.717, 1.165) is 88.6 Å². The van der Waals surface area contributed by atoms with E-state index in [2.05, 4.69) is 66.5 Å². The monoisotopic (exact) mass is 1380 g/mol. The fourth-order valence-corrected chi connectivity index (χ4v) is 10.9. The summed E-state index contributed by atoms with van der Waals surface area (Å²) in [6, 6.07) is 25.2. The summed E-state index contributed by atoms with van der Waals surface area (Å²) in [5.41, 5.74) is 11.0. The van der Waals surface area contributed by atoms with Crippen molar-refractivity contribution in [2.45, 2.75) is 131 Å². The van der Waals surface area contributed by atoms with Crippen molar-refractivity contribution in [2.75, 3.05) is 78.8 Å².